The van der Waals surface area contributed by atoms with Crippen LogP contribution in [0.3, 0.4) is 0 Å². The van der Waals surface area contributed by atoms with Gasteiger partial charge in [0, 0.05) is 43.7 Å². The van der Waals surface area contributed by atoms with Crippen molar-refractivity contribution >= 4 is 0 Å². The first-order valence-electron chi connectivity index (χ1n) is 11.3. The molecule has 32 heavy (non-hydrogen) atoms. The Morgan fingerprint density at radius 1 is 0.844 bits per heavy atom. The fourth-order valence-electron chi connectivity index (χ4n) is 5.28. The Labute approximate surface area is 189 Å². The molecular weight excluding hydrogens is 396 g/mol. The molecule has 3 heterocycles. The number of piperidine rings is 1. The third-order valence-corrected chi connectivity index (χ3v) is 6.83. The molecule has 0 spiro atoms. The molecule has 0 unspecified atom stereocenters. The quantitative estimate of drug-likeness (QED) is 0.651. The van der Waals surface area contributed by atoms with Crippen LogP contribution in [0.15, 0.2) is 83.7 Å². The average Bonchev–Trinajstić information content (AvgIpc) is 2.83. The lowest BCUT2D eigenvalue weighted by atomic mass is 9.83. The van der Waals surface area contributed by atoms with Crippen LogP contribution < -0.4 is 5.56 Å². The number of benzene rings is 2. The number of nitrogens with zero attached hydrogens (tertiary/aromatic N) is 2. The Balaban J connectivity index is 1.31. The first-order valence-corrected chi connectivity index (χ1v) is 11.3. The minimum absolute atomic E-state index is 0.117. The third kappa shape index (κ3) is 4.02. The topological polar surface area (TPSA) is 45.5 Å². The van der Waals surface area contributed by atoms with E-state index in [1.165, 1.54) is 0 Å². The van der Waals surface area contributed by atoms with E-state index in [0.717, 1.165) is 42.9 Å². The molecule has 5 rings (SSSR count). The highest BCUT2D eigenvalue weighted by molar-refractivity contribution is 5.37. The number of aromatic nitrogens is 1. The Morgan fingerprint density at radius 2 is 1.53 bits per heavy atom. The molecule has 3 aromatic rings. The molecule has 0 aliphatic carbocycles. The second-order valence-corrected chi connectivity index (χ2v) is 9.01. The summed E-state index contributed by atoms with van der Waals surface area (Å²) in [4.78, 5) is 14.6. The standard InChI is InChI=1S/C28H28N2O2/c31-27-15-9-14-26-23-18-22(20-30(26)27)19-29(21-23)17-8-7-16-28(32,24-10-3-1-4-11-24)25-12-5-2-6-13-25/h1-6,9-15,22-23,32H,16-21H2/t22-,23+/m0/s1. The highest BCUT2D eigenvalue weighted by Crippen LogP contribution is 2.35. The van der Waals surface area contributed by atoms with Crippen molar-refractivity contribution in [2.24, 2.45) is 5.92 Å². The number of aliphatic hydroxyl groups is 1. The van der Waals surface area contributed by atoms with Crippen LogP contribution in [-0.4, -0.2) is 34.2 Å². The molecule has 2 aliphatic rings. The lowest BCUT2D eigenvalue weighted by Crippen LogP contribution is -2.47. The van der Waals surface area contributed by atoms with Gasteiger partial charge in [0.1, 0.15) is 5.60 Å². The zero-order chi connectivity index (χ0) is 22.0. The third-order valence-electron chi connectivity index (χ3n) is 6.83. The van der Waals surface area contributed by atoms with Crippen molar-refractivity contribution < 1.29 is 5.11 Å². The Kier molecular flexibility index (Phi) is 5.70. The van der Waals surface area contributed by atoms with Crippen LogP contribution >= 0.6 is 0 Å². The van der Waals surface area contributed by atoms with Crippen LogP contribution in [0.5, 0.6) is 0 Å². The van der Waals surface area contributed by atoms with Gasteiger partial charge in [-0.15, -0.1) is 0 Å². The second-order valence-electron chi connectivity index (χ2n) is 9.01. The van der Waals surface area contributed by atoms with Crippen molar-refractivity contribution in [3.05, 3.63) is 106 Å². The summed E-state index contributed by atoms with van der Waals surface area (Å²) < 4.78 is 1.96. The van der Waals surface area contributed by atoms with Crippen molar-refractivity contribution in [1.29, 1.82) is 0 Å². The average molecular weight is 425 g/mol. The molecular formula is C28H28N2O2. The molecule has 4 nitrogen and oxygen atoms in total. The summed E-state index contributed by atoms with van der Waals surface area (Å²) in [5.41, 5.74) is 1.86. The zero-order valence-electron chi connectivity index (χ0n) is 18.2. The van der Waals surface area contributed by atoms with Gasteiger partial charge in [0.05, 0.1) is 6.54 Å². The maximum Gasteiger partial charge on any atom is 0.250 e. The van der Waals surface area contributed by atoms with Crippen LogP contribution in [0.4, 0.5) is 0 Å². The first-order chi connectivity index (χ1) is 15.6. The van der Waals surface area contributed by atoms with Crippen LogP contribution in [0.25, 0.3) is 0 Å². The highest BCUT2D eigenvalue weighted by Gasteiger charge is 2.34. The summed E-state index contributed by atoms with van der Waals surface area (Å²) in [6.07, 6.45) is 1.50. The molecule has 1 N–H and O–H groups in total. The maximum atomic E-state index is 12.2. The minimum atomic E-state index is -1.13. The van der Waals surface area contributed by atoms with E-state index < -0.39 is 5.60 Å². The highest BCUT2D eigenvalue weighted by atomic mass is 16.3. The number of hydrogen-bond donors (Lipinski definition) is 1. The van der Waals surface area contributed by atoms with Gasteiger partial charge in [0.15, 0.2) is 0 Å². The van der Waals surface area contributed by atoms with Crippen LogP contribution in [-0.2, 0) is 12.1 Å². The molecule has 2 atom stereocenters. The number of rotatable bonds is 4. The first kappa shape index (κ1) is 20.8. The van der Waals surface area contributed by atoms with Gasteiger partial charge in [-0.25, -0.2) is 0 Å². The van der Waals surface area contributed by atoms with Gasteiger partial charge in [0.25, 0.3) is 5.56 Å². The summed E-state index contributed by atoms with van der Waals surface area (Å²) in [7, 11) is 0. The molecule has 1 fully saturated rings. The summed E-state index contributed by atoms with van der Waals surface area (Å²) in [5.74, 6) is 7.48. The molecule has 162 valence electrons. The predicted molar refractivity (Wildman–Crippen MR) is 126 cm³/mol. The monoisotopic (exact) mass is 424 g/mol. The fraction of sp³-hybridized carbons (Fsp3) is 0.321. The van der Waals surface area contributed by atoms with Crippen LogP contribution in [0.2, 0.25) is 0 Å². The number of fused-ring (bicyclic) bond motifs is 4. The van der Waals surface area contributed by atoms with Gasteiger partial charge < -0.3 is 9.67 Å². The Bertz CT molecular complexity index is 1150. The number of hydrogen-bond acceptors (Lipinski definition) is 3. The summed E-state index contributed by atoms with van der Waals surface area (Å²) in [6.45, 7) is 3.38. The summed E-state index contributed by atoms with van der Waals surface area (Å²) in [5, 5.41) is 11.6. The summed E-state index contributed by atoms with van der Waals surface area (Å²) in [6, 6.07) is 25.2. The maximum absolute atomic E-state index is 12.2. The molecule has 0 saturated carbocycles. The Hall–Kier alpha value is -3.13. The minimum Gasteiger partial charge on any atom is -0.379 e. The van der Waals surface area contributed by atoms with Crippen molar-refractivity contribution in [3.8, 4) is 11.8 Å². The van der Waals surface area contributed by atoms with E-state index in [9.17, 15) is 9.90 Å². The van der Waals surface area contributed by atoms with Gasteiger partial charge in [-0.3, -0.25) is 9.69 Å². The number of likely N-dealkylation sites (tertiary alicyclic amines) is 1. The van der Waals surface area contributed by atoms with Gasteiger partial charge in [-0.1, -0.05) is 78.6 Å². The van der Waals surface area contributed by atoms with Gasteiger partial charge in [-0.05, 0) is 29.5 Å². The van der Waals surface area contributed by atoms with Gasteiger partial charge >= 0.3 is 0 Å². The smallest absolute Gasteiger partial charge is 0.250 e. The van der Waals surface area contributed by atoms with E-state index >= 15 is 0 Å². The molecule has 0 amide bonds. The van der Waals surface area contributed by atoms with E-state index in [1.54, 1.807) is 6.07 Å². The normalized spacial score (nSPS) is 20.2. The molecule has 2 aromatic carbocycles. The van der Waals surface area contributed by atoms with Gasteiger partial charge in [0.2, 0.25) is 0 Å². The van der Waals surface area contributed by atoms with Gasteiger partial charge in [-0.2, -0.15) is 0 Å². The van der Waals surface area contributed by atoms with Crippen LogP contribution in [0, 0.1) is 17.8 Å². The SMILES string of the molecule is O=c1cccc2n1C[C@H]1C[C@@H]2CN(CC#CCC(O)(c2ccccc2)c2ccccc2)C1. The van der Waals surface area contributed by atoms with Crippen molar-refractivity contribution in [2.75, 3.05) is 19.6 Å². The molecule has 0 radical (unpaired) electrons. The number of pyridine rings is 1. The largest absolute Gasteiger partial charge is 0.379 e. The molecule has 2 aliphatic heterocycles. The van der Waals surface area contributed by atoms with E-state index in [2.05, 4.69) is 22.8 Å². The lowest BCUT2D eigenvalue weighted by Gasteiger charge is -2.42. The predicted octanol–water partition coefficient (Wildman–Crippen LogP) is 3.60. The van der Waals surface area contributed by atoms with E-state index in [1.807, 2.05) is 71.3 Å². The van der Waals surface area contributed by atoms with Crippen molar-refractivity contribution in [1.82, 2.24) is 9.47 Å². The fourth-order valence-corrected chi connectivity index (χ4v) is 5.28. The Morgan fingerprint density at radius 3 is 2.22 bits per heavy atom. The zero-order valence-corrected chi connectivity index (χ0v) is 18.2. The van der Waals surface area contributed by atoms with Crippen molar-refractivity contribution in [2.45, 2.75) is 30.9 Å². The lowest BCUT2D eigenvalue weighted by molar-refractivity contribution is 0.0864. The van der Waals surface area contributed by atoms with E-state index in [0.29, 0.717) is 24.8 Å². The summed E-state index contributed by atoms with van der Waals surface area (Å²) >= 11 is 0. The van der Waals surface area contributed by atoms with Crippen LogP contribution in [0.1, 0.15) is 35.6 Å². The van der Waals surface area contributed by atoms with Crippen molar-refractivity contribution in [3.63, 3.8) is 0 Å². The molecule has 1 aromatic heterocycles. The molecule has 2 bridgehead atoms. The second kappa shape index (κ2) is 8.78. The molecule has 4 heteroatoms. The van der Waals surface area contributed by atoms with E-state index in [-0.39, 0.29) is 5.56 Å². The van der Waals surface area contributed by atoms with E-state index in [4.69, 9.17) is 0 Å². The molecule has 1 saturated heterocycles.